The van der Waals surface area contributed by atoms with Crippen molar-refractivity contribution in [2.75, 3.05) is 16.8 Å². The van der Waals surface area contributed by atoms with Gasteiger partial charge in [-0.05, 0) is 55.0 Å². The van der Waals surface area contributed by atoms with Crippen LogP contribution in [0.3, 0.4) is 0 Å². The van der Waals surface area contributed by atoms with Crippen LogP contribution in [0.1, 0.15) is 36.6 Å². The summed E-state index contributed by atoms with van der Waals surface area (Å²) in [5, 5.41) is 3.10. The predicted octanol–water partition coefficient (Wildman–Crippen LogP) is 4.24. The van der Waals surface area contributed by atoms with E-state index in [0.717, 1.165) is 10.5 Å². The number of ether oxygens (including phenoxy) is 1. The van der Waals surface area contributed by atoms with Gasteiger partial charge in [0.25, 0.3) is 17.7 Å². The number of benzene rings is 3. The normalized spacial score (nSPS) is 12.5. The van der Waals surface area contributed by atoms with Gasteiger partial charge in [-0.1, -0.05) is 35.9 Å². The van der Waals surface area contributed by atoms with Crippen molar-refractivity contribution in [3.63, 3.8) is 0 Å². The summed E-state index contributed by atoms with van der Waals surface area (Å²) in [5.74, 6) is -2.23. The van der Waals surface area contributed by atoms with Crippen LogP contribution in [0.15, 0.2) is 66.7 Å². The molecule has 0 saturated heterocycles. The van der Waals surface area contributed by atoms with E-state index >= 15 is 0 Å². The molecule has 1 N–H and O–H groups in total. The molecule has 8 heteroatoms. The number of fused-ring (bicyclic) bond motifs is 1. The van der Waals surface area contributed by atoms with Crippen LogP contribution >= 0.6 is 11.6 Å². The number of esters is 1. The molecule has 1 heterocycles. The molecular formula is C24H17ClN2O5. The number of nitrogens with zero attached hydrogens (tertiary/aromatic N) is 1. The first kappa shape index (κ1) is 21.3. The Labute approximate surface area is 188 Å². The van der Waals surface area contributed by atoms with E-state index in [-0.39, 0.29) is 11.3 Å². The van der Waals surface area contributed by atoms with Gasteiger partial charge in [0, 0.05) is 10.7 Å². The average Bonchev–Trinajstić information content (AvgIpc) is 3.05. The molecule has 4 rings (SSSR count). The lowest BCUT2D eigenvalue weighted by atomic mass is 10.1. The summed E-state index contributed by atoms with van der Waals surface area (Å²) in [5.41, 5.74) is 2.30. The fourth-order valence-electron chi connectivity index (χ4n) is 3.28. The van der Waals surface area contributed by atoms with E-state index in [0.29, 0.717) is 21.8 Å². The predicted molar refractivity (Wildman–Crippen MR) is 119 cm³/mol. The van der Waals surface area contributed by atoms with Gasteiger partial charge in [0.1, 0.15) is 0 Å². The van der Waals surface area contributed by atoms with Gasteiger partial charge >= 0.3 is 5.97 Å². The number of hydrogen-bond acceptors (Lipinski definition) is 5. The maximum atomic E-state index is 12.6. The van der Waals surface area contributed by atoms with Crippen LogP contribution in [-0.4, -0.2) is 30.3 Å². The Hall–Kier alpha value is -3.97. The van der Waals surface area contributed by atoms with E-state index in [9.17, 15) is 19.2 Å². The molecule has 3 aromatic rings. The largest absolute Gasteiger partial charge is 0.452 e. The molecule has 3 amide bonds. The average molecular weight is 449 g/mol. The SMILES string of the molecule is Cc1ccc(NC(=O)COC(=O)c2cccc(N3C(=O)c4ccccc4C3=O)c2)cc1Cl. The summed E-state index contributed by atoms with van der Waals surface area (Å²) in [6.07, 6.45) is 0. The number of aryl methyl sites for hydroxylation is 1. The van der Waals surface area contributed by atoms with Crippen molar-refractivity contribution in [3.8, 4) is 0 Å². The second-order valence-corrected chi connectivity index (χ2v) is 7.54. The number of imide groups is 1. The zero-order valence-electron chi connectivity index (χ0n) is 16.9. The Morgan fingerprint density at radius 3 is 2.28 bits per heavy atom. The summed E-state index contributed by atoms with van der Waals surface area (Å²) < 4.78 is 5.08. The van der Waals surface area contributed by atoms with Crippen LogP contribution in [0, 0.1) is 6.92 Å². The Morgan fingerprint density at radius 1 is 0.938 bits per heavy atom. The highest BCUT2D eigenvalue weighted by molar-refractivity contribution is 6.34. The van der Waals surface area contributed by atoms with E-state index in [4.69, 9.17) is 16.3 Å². The highest BCUT2D eigenvalue weighted by Gasteiger charge is 2.36. The minimum atomic E-state index is -0.763. The first-order valence-corrected chi connectivity index (χ1v) is 10.0. The Kier molecular flexibility index (Phi) is 5.75. The first-order chi connectivity index (χ1) is 15.3. The van der Waals surface area contributed by atoms with Gasteiger partial charge in [-0.15, -0.1) is 0 Å². The van der Waals surface area contributed by atoms with Crippen molar-refractivity contribution in [3.05, 3.63) is 94.0 Å². The number of carbonyl (C=O) groups is 4. The van der Waals surface area contributed by atoms with Gasteiger partial charge in [0.15, 0.2) is 6.61 Å². The van der Waals surface area contributed by atoms with Gasteiger partial charge in [0.05, 0.1) is 22.4 Å². The smallest absolute Gasteiger partial charge is 0.338 e. The summed E-state index contributed by atoms with van der Waals surface area (Å²) in [6.45, 7) is 1.33. The van der Waals surface area contributed by atoms with Crippen molar-refractivity contribution in [2.45, 2.75) is 6.92 Å². The van der Waals surface area contributed by atoms with Crippen LogP contribution in [0.2, 0.25) is 5.02 Å². The number of hydrogen-bond donors (Lipinski definition) is 1. The molecular weight excluding hydrogens is 432 g/mol. The molecule has 0 aliphatic carbocycles. The molecule has 160 valence electrons. The van der Waals surface area contributed by atoms with Crippen molar-refractivity contribution in [1.82, 2.24) is 0 Å². The molecule has 0 bridgehead atoms. The second-order valence-electron chi connectivity index (χ2n) is 7.13. The summed E-state index contributed by atoms with van der Waals surface area (Å²) >= 11 is 6.04. The lowest BCUT2D eigenvalue weighted by Crippen LogP contribution is -2.29. The Morgan fingerprint density at radius 2 is 1.62 bits per heavy atom. The van der Waals surface area contributed by atoms with Crippen LogP contribution in [0.5, 0.6) is 0 Å². The van der Waals surface area contributed by atoms with Gasteiger partial charge in [-0.25, -0.2) is 9.69 Å². The topological polar surface area (TPSA) is 92.8 Å². The standard InChI is InChI=1S/C24H17ClN2O5/c1-14-9-10-16(12-20(14)25)26-21(28)13-32-24(31)15-5-4-6-17(11-15)27-22(29)18-7-2-3-8-19(18)23(27)30/h2-12H,13H2,1H3,(H,26,28). The maximum Gasteiger partial charge on any atom is 0.338 e. The van der Waals surface area contributed by atoms with E-state index in [1.807, 2.05) is 6.92 Å². The number of rotatable bonds is 5. The van der Waals surface area contributed by atoms with E-state index < -0.39 is 30.3 Å². The lowest BCUT2D eigenvalue weighted by Gasteiger charge is -2.15. The van der Waals surface area contributed by atoms with E-state index in [1.54, 1.807) is 48.5 Å². The molecule has 0 saturated carbocycles. The van der Waals surface area contributed by atoms with Gasteiger partial charge in [-0.2, -0.15) is 0 Å². The highest BCUT2D eigenvalue weighted by atomic mass is 35.5. The monoisotopic (exact) mass is 448 g/mol. The van der Waals surface area contributed by atoms with Gasteiger partial charge < -0.3 is 10.1 Å². The number of anilines is 2. The summed E-state index contributed by atoms with van der Waals surface area (Å²) in [6, 6.07) is 17.5. The van der Waals surface area contributed by atoms with Crippen LogP contribution in [-0.2, 0) is 9.53 Å². The van der Waals surface area contributed by atoms with Gasteiger partial charge in [0.2, 0.25) is 0 Å². The molecule has 0 aromatic heterocycles. The summed E-state index contributed by atoms with van der Waals surface area (Å²) in [4.78, 5) is 50.8. The molecule has 0 atom stereocenters. The highest BCUT2D eigenvalue weighted by Crippen LogP contribution is 2.29. The molecule has 32 heavy (non-hydrogen) atoms. The fourth-order valence-corrected chi connectivity index (χ4v) is 3.46. The van der Waals surface area contributed by atoms with Crippen LogP contribution < -0.4 is 10.2 Å². The lowest BCUT2D eigenvalue weighted by molar-refractivity contribution is -0.119. The minimum absolute atomic E-state index is 0.102. The quantitative estimate of drug-likeness (QED) is 0.465. The van der Waals surface area contributed by atoms with E-state index in [1.165, 1.54) is 18.2 Å². The molecule has 0 fully saturated rings. The number of nitrogens with one attached hydrogen (secondary N) is 1. The zero-order chi connectivity index (χ0) is 22.8. The van der Waals surface area contributed by atoms with Crippen molar-refractivity contribution in [1.29, 1.82) is 0 Å². The zero-order valence-corrected chi connectivity index (χ0v) is 17.7. The number of halogens is 1. The minimum Gasteiger partial charge on any atom is -0.452 e. The van der Waals surface area contributed by atoms with Crippen molar-refractivity contribution in [2.24, 2.45) is 0 Å². The fraction of sp³-hybridized carbons (Fsp3) is 0.0833. The molecule has 1 aliphatic heterocycles. The third kappa shape index (κ3) is 4.10. The van der Waals surface area contributed by atoms with Crippen molar-refractivity contribution >= 4 is 46.7 Å². The van der Waals surface area contributed by atoms with Crippen LogP contribution in [0.25, 0.3) is 0 Å². The molecule has 0 unspecified atom stereocenters. The molecule has 7 nitrogen and oxygen atoms in total. The molecule has 1 aliphatic rings. The first-order valence-electron chi connectivity index (χ1n) is 9.66. The Balaban J connectivity index is 1.43. The number of carbonyl (C=O) groups excluding carboxylic acids is 4. The third-order valence-electron chi connectivity index (χ3n) is 4.92. The van der Waals surface area contributed by atoms with Crippen molar-refractivity contribution < 1.29 is 23.9 Å². The molecule has 3 aromatic carbocycles. The maximum absolute atomic E-state index is 12.6. The third-order valence-corrected chi connectivity index (χ3v) is 5.33. The number of amides is 3. The molecule has 0 radical (unpaired) electrons. The molecule has 0 spiro atoms. The van der Waals surface area contributed by atoms with Gasteiger partial charge in [-0.3, -0.25) is 14.4 Å². The second kappa shape index (κ2) is 8.64. The van der Waals surface area contributed by atoms with Crippen LogP contribution in [0.4, 0.5) is 11.4 Å². The Bertz CT molecular complexity index is 1240. The van der Waals surface area contributed by atoms with E-state index in [2.05, 4.69) is 5.32 Å². The summed E-state index contributed by atoms with van der Waals surface area (Å²) in [7, 11) is 0.